The van der Waals surface area contributed by atoms with Crippen LogP contribution in [-0.4, -0.2) is 26.0 Å². The number of hydrogen-bond acceptors (Lipinski definition) is 3. The first-order valence-corrected chi connectivity index (χ1v) is 7.35. The summed E-state index contributed by atoms with van der Waals surface area (Å²) < 4.78 is 5.13. The van der Waals surface area contributed by atoms with Crippen molar-refractivity contribution < 1.29 is 14.3 Å². The Hall–Kier alpha value is -2.53. The van der Waals surface area contributed by atoms with Crippen molar-refractivity contribution in [3.63, 3.8) is 0 Å². The van der Waals surface area contributed by atoms with Crippen LogP contribution < -0.4 is 15.4 Å². The van der Waals surface area contributed by atoms with E-state index in [0.717, 1.165) is 5.56 Å². The molecule has 0 aromatic heterocycles. The number of halogens is 1. The van der Waals surface area contributed by atoms with Gasteiger partial charge in [-0.1, -0.05) is 23.7 Å². The monoisotopic (exact) mass is 332 g/mol. The Morgan fingerprint density at radius 3 is 2.65 bits per heavy atom. The Morgan fingerprint density at radius 2 is 1.96 bits per heavy atom. The third-order valence-electron chi connectivity index (χ3n) is 3.23. The lowest BCUT2D eigenvalue weighted by Gasteiger charge is -2.11. The topological polar surface area (TPSA) is 67.4 Å². The summed E-state index contributed by atoms with van der Waals surface area (Å²) in [5.74, 6) is 0.146. The lowest BCUT2D eigenvalue weighted by Crippen LogP contribution is -2.22. The third-order valence-corrected chi connectivity index (χ3v) is 3.46. The summed E-state index contributed by atoms with van der Waals surface area (Å²) in [4.78, 5) is 24.1. The van der Waals surface area contributed by atoms with Crippen LogP contribution in [0, 0.1) is 0 Å². The average molecular weight is 333 g/mol. The molecule has 0 saturated carbocycles. The largest absolute Gasteiger partial charge is 0.497 e. The van der Waals surface area contributed by atoms with E-state index in [1.54, 1.807) is 31.4 Å². The van der Waals surface area contributed by atoms with Crippen molar-refractivity contribution in [3.05, 3.63) is 58.6 Å². The van der Waals surface area contributed by atoms with Crippen molar-refractivity contribution in [1.82, 2.24) is 5.32 Å². The van der Waals surface area contributed by atoms with Crippen LogP contribution in [0.25, 0.3) is 0 Å². The van der Waals surface area contributed by atoms with Gasteiger partial charge in [-0.15, -0.1) is 0 Å². The van der Waals surface area contributed by atoms with Gasteiger partial charge in [0, 0.05) is 12.1 Å². The highest BCUT2D eigenvalue weighted by Crippen LogP contribution is 2.22. The van der Waals surface area contributed by atoms with Gasteiger partial charge in [0.15, 0.2) is 0 Å². The molecule has 0 fully saturated rings. The normalized spacial score (nSPS) is 10.0. The molecule has 0 bridgehead atoms. The average Bonchev–Trinajstić information content (AvgIpc) is 2.54. The molecular weight excluding hydrogens is 316 g/mol. The predicted molar refractivity (Wildman–Crippen MR) is 90.2 cm³/mol. The molecule has 120 valence electrons. The number of ether oxygens (including phenoxy) is 1. The fourth-order valence-corrected chi connectivity index (χ4v) is 2.29. The molecule has 23 heavy (non-hydrogen) atoms. The first-order valence-electron chi connectivity index (χ1n) is 6.98. The zero-order valence-electron chi connectivity index (χ0n) is 12.9. The number of carbonyl (C=O) groups excluding carboxylic acids is 2. The van der Waals surface area contributed by atoms with E-state index >= 15 is 0 Å². The standard InChI is InChI=1S/C17H17ClN2O3/c1-19-17(22)14-7-6-12(18)10-15(14)20-16(21)9-11-4-3-5-13(8-11)23-2/h3-8,10H,9H2,1-2H3,(H,19,22)(H,20,21). The van der Waals surface area contributed by atoms with E-state index < -0.39 is 0 Å². The Kier molecular flexibility index (Phi) is 5.60. The van der Waals surface area contributed by atoms with Crippen LogP contribution in [-0.2, 0) is 11.2 Å². The van der Waals surface area contributed by atoms with Crippen LogP contribution >= 0.6 is 11.6 Å². The van der Waals surface area contributed by atoms with Crippen molar-refractivity contribution in [2.45, 2.75) is 6.42 Å². The molecule has 0 radical (unpaired) electrons. The van der Waals surface area contributed by atoms with Crippen molar-refractivity contribution in [2.24, 2.45) is 0 Å². The highest BCUT2D eigenvalue weighted by Gasteiger charge is 2.13. The van der Waals surface area contributed by atoms with Gasteiger partial charge in [-0.2, -0.15) is 0 Å². The van der Waals surface area contributed by atoms with Gasteiger partial charge in [0.2, 0.25) is 5.91 Å². The van der Waals surface area contributed by atoms with Crippen molar-refractivity contribution in [3.8, 4) is 5.75 Å². The maximum atomic E-state index is 12.2. The zero-order valence-corrected chi connectivity index (χ0v) is 13.6. The van der Waals surface area contributed by atoms with Gasteiger partial charge in [-0.05, 0) is 35.9 Å². The zero-order chi connectivity index (χ0) is 16.8. The van der Waals surface area contributed by atoms with Crippen LogP contribution in [0.3, 0.4) is 0 Å². The Bertz CT molecular complexity index is 732. The second-order valence-electron chi connectivity index (χ2n) is 4.85. The SMILES string of the molecule is CNC(=O)c1ccc(Cl)cc1NC(=O)Cc1cccc(OC)c1. The minimum atomic E-state index is -0.293. The molecule has 2 aromatic rings. The molecule has 0 atom stereocenters. The van der Waals surface area contributed by atoms with E-state index in [0.29, 0.717) is 22.0 Å². The number of methoxy groups -OCH3 is 1. The van der Waals surface area contributed by atoms with Gasteiger partial charge >= 0.3 is 0 Å². The van der Waals surface area contributed by atoms with E-state index in [1.165, 1.54) is 7.05 Å². The molecule has 0 spiro atoms. The number of carbonyl (C=O) groups is 2. The Labute approximate surface area is 139 Å². The van der Waals surface area contributed by atoms with Gasteiger partial charge in [0.25, 0.3) is 5.91 Å². The van der Waals surface area contributed by atoms with E-state index in [-0.39, 0.29) is 18.2 Å². The number of rotatable bonds is 5. The predicted octanol–water partition coefficient (Wildman–Crippen LogP) is 2.89. The summed E-state index contributed by atoms with van der Waals surface area (Å²) in [7, 11) is 3.10. The molecule has 2 rings (SSSR count). The molecule has 0 aliphatic carbocycles. The number of amides is 2. The summed E-state index contributed by atoms with van der Waals surface area (Å²) in [6.45, 7) is 0. The minimum Gasteiger partial charge on any atom is -0.497 e. The second-order valence-corrected chi connectivity index (χ2v) is 5.28. The molecule has 2 amide bonds. The molecule has 0 heterocycles. The molecular formula is C17H17ClN2O3. The van der Waals surface area contributed by atoms with Crippen molar-refractivity contribution in [1.29, 1.82) is 0 Å². The van der Waals surface area contributed by atoms with Crippen molar-refractivity contribution >= 4 is 29.1 Å². The quantitative estimate of drug-likeness (QED) is 0.884. The smallest absolute Gasteiger partial charge is 0.253 e. The molecule has 6 heteroatoms. The maximum Gasteiger partial charge on any atom is 0.253 e. The lowest BCUT2D eigenvalue weighted by molar-refractivity contribution is -0.115. The van der Waals surface area contributed by atoms with E-state index in [9.17, 15) is 9.59 Å². The number of benzene rings is 2. The number of hydrogen-bond donors (Lipinski definition) is 2. The number of anilines is 1. The van der Waals surface area contributed by atoms with Gasteiger partial charge in [0.1, 0.15) is 5.75 Å². The first-order chi connectivity index (χ1) is 11.0. The number of nitrogens with one attached hydrogen (secondary N) is 2. The van der Waals surface area contributed by atoms with Crippen LogP contribution in [0.15, 0.2) is 42.5 Å². The van der Waals surface area contributed by atoms with E-state index in [2.05, 4.69) is 10.6 Å². The minimum absolute atomic E-state index is 0.164. The molecule has 5 nitrogen and oxygen atoms in total. The summed E-state index contributed by atoms with van der Waals surface area (Å²) in [5, 5.41) is 5.70. The van der Waals surface area contributed by atoms with Crippen LogP contribution in [0.2, 0.25) is 5.02 Å². The molecule has 0 aliphatic rings. The molecule has 2 N–H and O–H groups in total. The lowest BCUT2D eigenvalue weighted by atomic mass is 10.1. The summed E-state index contributed by atoms with van der Waals surface area (Å²) in [6.07, 6.45) is 0.164. The van der Waals surface area contributed by atoms with Crippen LogP contribution in [0.1, 0.15) is 15.9 Å². The summed E-state index contributed by atoms with van der Waals surface area (Å²) in [6, 6.07) is 12.0. The molecule has 2 aromatic carbocycles. The fourth-order valence-electron chi connectivity index (χ4n) is 2.11. The van der Waals surface area contributed by atoms with Crippen LogP contribution in [0.5, 0.6) is 5.75 Å². The van der Waals surface area contributed by atoms with Crippen molar-refractivity contribution in [2.75, 3.05) is 19.5 Å². The second kappa shape index (κ2) is 7.65. The summed E-state index contributed by atoms with van der Waals surface area (Å²) >= 11 is 5.95. The molecule has 0 aliphatic heterocycles. The maximum absolute atomic E-state index is 12.2. The Morgan fingerprint density at radius 1 is 1.17 bits per heavy atom. The highest BCUT2D eigenvalue weighted by molar-refractivity contribution is 6.31. The molecule has 0 unspecified atom stereocenters. The first kappa shape index (κ1) is 16.8. The van der Waals surface area contributed by atoms with Gasteiger partial charge in [-0.3, -0.25) is 9.59 Å². The van der Waals surface area contributed by atoms with Crippen LogP contribution in [0.4, 0.5) is 5.69 Å². The molecule has 0 saturated heterocycles. The van der Waals surface area contributed by atoms with Gasteiger partial charge in [-0.25, -0.2) is 0 Å². The van der Waals surface area contributed by atoms with Gasteiger partial charge < -0.3 is 15.4 Å². The van der Waals surface area contributed by atoms with Gasteiger partial charge in [0.05, 0.1) is 24.8 Å². The Balaban J connectivity index is 2.16. The fraction of sp³-hybridized carbons (Fsp3) is 0.176. The highest BCUT2D eigenvalue weighted by atomic mass is 35.5. The summed E-state index contributed by atoms with van der Waals surface area (Å²) in [5.41, 5.74) is 1.55. The third kappa shape index (κ3) is 4.47. The van der Waals surface area contributed by atoms with E-state index in [4.69, 9.17) is 16.3 Å². The van der Waals surface area contributed by atoms with E-state index in [1.807, 2.05) is 18.2 Å².